The zero-order valence-electron chi connectivity index (χ0n) is 11.9. The van der Waals surface area contributed by atoms with Crippen molar-refractivity contribution in [3.8, 4) is 5.13 Å². The van der Waals surface area contributed by atoms with Crippen LogP contribution in [0.2, 0.25) is 5.02 Å². The molecule has 0 aliphatic heterocycles. The lowest BCUT2D eigenvalue weighted by molar-refractivity contribution is 0.0948. The number of carbonyl (C=O) groups excluding carboxylic acids is 1. The van der Waals surface area contributed by atoms with E-state index in [1.165, 1.54) is 23.7 Å². The van der Waals surface area contributed by atoms with Crippen LogP contribution in [0.4, 0.5) is 14.5 Å². The van der Waals surface area contributed by atoms with Gasteiger partial charge in [0.1, 0.15) is 5.69 Å². The van der Waals surface area contributed by atoms with Crippen molar-refractivity contribution in [3.63, 3.8) is 0 Å². The van der Waals surface area contributed by atoms with Crippen LogP contribution in [0.15, 0.2) is 42.0 Å². The van der Waals surface area contributed by atoms with Gasteiger partial charge in [-0.1, -0.05) is 23.7 Å². The van der Waals surface area contributed by atoms with E-state index in [0.29, 0.717) is 15.8 Å². The molecule has 0 saturated carbocycles. The third kappa shape index (κ3) is 3.36. The number of halogens is 3. The van der Waals surface area contributed by atoms with E-state index in [4.69, 9.17) is 11.6 Å². The summed E-state index contributed by atoms with van der Waals surface area (Å²) in [6, 6.07) is 6.70. The topological polar surface area (TPSA) is 71.8 Å². The number of hydrogen-bond donors (Lipinski definition) is 2. The SMILES string of the molecule is O=C(NNc1ccccc1Cl)c1cn(-c2nccs2)nc1C(F)F. The largest absolute Gasteiger partial charge is 0.297 e. The lowest BCUT2D eigenvalue weighted by Crippen LogP contribution is -2.30. The first kappa shape index (κ1) is 16.3. The van der Waals surface area contributed by atoms with Crippen LogP contribution in [-0.4, -0.2) is 20.7 Å². The summed E-state index contributed by atoms with van der Waals surface area (Å²) in [4.78, 5) is 16.2. The summed E-state index contributed by atoms with van der Waals surface area (Å²) in [5, 5.41) is 6.19. The monoisotopic (exact) mass is 369 g/mol. The van der Waals surface area contributed by atoms with Gasteiger partial charge in [0.05, 0.1) is 16.3 Å². The molecule has 3 rings (SSSR count). The van der Waals surface area contributed by atoms with Gasteiger partial charge in [-0.3, -0.25) is 15.6 Å². The van der Waals surface area contributed by atoms with E-state index in [-0.39, 0.29) is 5.56 Å². The zero-order valence-corrected chi connectivity index (χ0v) is 13.5. The minimum Gasteiger partial charge on any atom is -0.297 e. The Hall–Kier alpha value is -2.52. The molecule has 0 aliphatic rings. The molecular formula is C14H10ClF2N5OS. The lowest BCUT2D eigenvalue weighted by atomic mass is 10.2. The number of anilines is 1. The smallest absolute Gasteiger partial charge is 0.282 e. The number of hydrogen-bond acceptors (Lipinski definition) is 5. The van der Waals surface area contributed by atoms with Crippen LogP contribution in [0, 0.1) is 0 Å². The highest BCUT2D eigenvalue weighted by Gasteiger charge is 2.24. The molecule has 0 fully saturated rings. The number of nitrogens with zero attached hydrogens (tertiary/aromatic N) is 3. The maximum Gasteiger partial charge on any atom is 0.282 e. The zero-order chi connectivity index (χ0) is 17.1. The van der Waals surface area contributed by atoms with E-state index in [2.05, 4.69) is 20.9 Å². The molecule has 1 amide bonds. The number of nitrogens with one attached hydrogen (secondary N) is 2. The van der Waals surface area contributed by atoms with Crippen molar-refractivity contribution >= 4 is 34.5 Å². The van der Waals surface area contributed by atoms with Gasteiger partial charge in [-0.05, 0) is 12.1 Å². The molecule has 1 aromatic carbocycles. The van der Waals surface area contributed by atoms with Crippen LogP contribution >= 0.6 is 22.9 Å². The average Bonchev–Trinajstić information content (AvgIpc) is 3.22. The van der Waals surface area contributed by atoms with E-state index in [1.54, 1.807) is 29.6 Å². The molecule has 6 nitrogen and oxygen atoms in total. The standard InChI is InChI=1S/C14H10ClF2N5OS/c15-9-3-1-2-4-10(9)19-20-13(23)8-7-22(14-18-5-6-24-14)21-11(8)12(16)17/h1-7,12,19H,(H,20,23). The van der Waals surface area contributed by atoms with Crippen LogP contribution in [-0.2, 0) is 0 Å². The predicted octanol–water partition coefficient (Wildman–Crippen LogP) is 3.68. The first-order valence-corrected chi connectivity index (χ1v) is 7.90. The number of hydrazine groups is 1. The van der Waals surface area contributed by atoms with E-state index >= 15 is 0 Å². The minimum atomic E-state index is -2.90. The highest BCUT2D eigenvalue weighted by atomic mass is 35.5. The molecule has 0 bridgehead atoms. The second-order valence-electron chi connectivity index (χ2n) is 4.55. The molecule has 0 spiro atoms. The number of thiazole rings is 1. The Kier molecular flexibility index (Phi) is 4.72. The number of rotatable bonds is 5. The second kappa shape index (κ2) is 6.93. The molecule has 10 heteroatoms. The van der Waals surface area contributed by atoms with Crippen molar-refractivity contribution in [1.29, 1.82) is 0 Å². The highest BCUT2D eigenvalue weighted by molar-refractivity contribution is 7.12. The molecule has 0 unspecified atom stereocenters. The van der Waals surface area contributed by atoms with Crippen LogP contribution in [0.1, 0.15) is 22.5 Å². The minimum absolute atomic E-state index is 0.250. The summed E-state index contributed by atoms with van der Waals surface area (Å²) in [5.74, 6) is -0.756. The number of amides is 1. The molecule has 0 radical (unpaired) electrons. The normalized spacial score (nSPS) is 10.8. The summed E-state index contributed by atoms with van der Waals surface area (Å²) in [6.07, 6.45) is -0.167. The quantitative estimate of drug-likeness (QED) is 0.673. The molecule has 24 heavy (non-hydrogen) atoms. The average molecular weight is 370 g/mol. The third-order valence-corrected chi connectivity index (χ3v) is 4.08. The number of para-hydroxylation sites is 1. The van der Waals surface area contributed by atoms with Crippen molar-refractivity contribution in [3.05, 3.63) is 58.3 Å². The van der Waals surface area contributed by atoms with Gasteiger partial charge in [-0.15, -0.1) is 11.3 Å². The van der Waals surface area contributed by atoms with E-state index < -0.39 is 18.0 Å². The van der Waals surface area contributed by atoms with Crippen molar-refractivity contribution in [2.24, 2.45) is 0 Å². The lowest BCUT2D eigenvalue weighted by Gasteiger charge is -2.09. The molecule has 3 aromatic rings. The van der Waals surface area contributed by atoms with Gasteiger partial charge in [0.25, 0.3) is 12.3 Å². The molecule has 0 atom stereocenters. The fraction of sp³-hybridized carbons (Fsp3) is 0.0714. The Morgan fingerprint density at radius 2 is 2.12 bits per heavy atom. The summed E-state index contributed by atoms with van der Waals surface area (Å²) in [7, 11) is 0. The van der Waals surface area contributed by atoms with E-state index in [0.717, 1.165) is 4.68 Å². The molecule has 0 saturated heterocycles. The molecule has 124 valence electrons. The van der Waals surface area contributed by atoms with E-state index in [9.17, 15) is 13.6 Å². The summed E-state index contributed by atoms with van der Waals surface area (Å²) in [6.45, 7) is 0. The van der Waals surface area contributed by atoms with Crippen LogP contribution in [0.3, 0.4) is 0 Å². The van der Waals surface area contributed by atoms with Gasteiger partial charge in [0.2, 0.25) is 5.13 Å². The van der Waals surface area contributed by atoms with Crippen molar-refractivity contribution in [1.82, 2.24) is 20.2 Å². The van der Waals surface area contributed by atoms with Gasteiger partial charge in [-0.25, -0.2) is 18.4 Å². The Balaban J connectivity index is 1.82. The molecule has 2 N–H and O–H groups in total. The van der Waals surface area contributed by atoms with Crippen LogP contribution in [0.25, 0.3) is 5.13 Å². The predicted molar refractivity (Wildman–Crippen MR) is 86.7 cm³/mol. The number of aromatic nitrogens is 3. The van der Waals surface area contributed by atoms with Gasteiger partial charge >= 0.3 is 0 Å². The summed E-state index contributed by atoms with van der Waals surface area (Å²) >= 11 is 7.16. The molecular weight excluding hydrogens is 360 g/mol. The van der Waals surface area contributed by atoms with Crippen molar-refractivity contribution in [2.45, 2.75) is 6.43 Å². The van der Waals surface area contributed by atoms with Gasteiger partial charge in [0.15, 0.2) is 0 Å². The van der Waals surface area contributed by atoms with Crippen molar-refractivity contribution < 1.29 is 13.6 Å². The fourth-order valence-electron chi connectivity index (χ4n) is 1.90. The summed E-state index contributed by atoms with van der Waals surface area (Å²) < 4.78 is 27.5. The number of carbonyl (C=O) groups is 1. The fourth-order valence-corrected chi connectivity index (χ4v) is 2.65. The number of benzene rings is 1. The number of alkyl halides is 2. The van der Waals surface area contributed by atoms with Crippen molar-refractivity contribution in [2.75, 3.05) is 5.43 Å². The van der Waals surface area contributed by atoms with Gasteiger partial charge < -0.3 is 0 Å². The first-order valence-electron chi connectivity index (χ1n) is 6.64. The van der Waals surface area contributed by atoms with Gasteiger partial charge in [0, 0.05) is 17.8 Å². The Bertz CT molecular complexity index is 853. The molecule has 2 heterocycles. The van der Waals surface area contributed by atoms with E-state index in [1.807, 2.05) is 0 Å². The van der Waals surface area contributed by atoms with Crippen LogP contribution < -0.4 is 10.9 Å². The molecule has 0 aliphatic carbocycles. The molecule has 2 aromatic heterocycles. The maximum atomic E-state index is 13.2. The third-order valence-electron chi connectivity index (χ3n) is 2.99. The maximum absolute atomic E-state index is 13.2. The second-order valence-corrected chi connectivity index (χ2v) is 5.83. The highest BCUT2D eigenvalue weighted by Crippen LogP contribution is 2.24. The van der Waals surface area contributed by atoms with Crippen LogP contribution in [0.5, 0.6) is 0 Å². The summed E-state index contributed by atoms with van der Waals surface area (Å²) in [5.41, 5.74) is 4.50. The Morgan fingerprint density at radius 1 is 1.33 bits per heavy atom. The Morgan fingerprint density at radius 3 is 2.79 bits per heavy atom. The first-order chi connectivity index (χ1) is 11.6. The Labute approximate surface area is 144 Å². The van der Waals surface area contributed by atoms with Gasteiger partial charge in [-0.2, -0.15) is 5.10 Å².